The van der Waals surface area contributed by atoms with Crippen LogP contribution in [0.1, 0.15) is 36.0 Å². The van der Waals surface area contributed by atoms with Crippen LogP contribution in [0, 0.1) is 5.82 Å². The van der Waals surface area contributed by atoms with Crippen molar-refractivity contribution in [2.75, 3.05) is 20.1 Å². The van der Waals surface area contributed by atoms with Crippen LogP contribution in [0.15, 0.2) is 24.3 Å². The molecule has 0 spiro atoms. The van der Waals surface area contributed by atoms with Gasteiger partial charge in [0.05, 0.1) is 0 Å². The summed E-state index contributed by atoms with van der Waals surface area (Å²) in [7, 11) is 2.14. The number of carbonyl (C=O) groups is 1. The fourth-order valence-electron chi connectivity index (χ4n) is 3.65. The third kappa shape index (κ3) is 2.44. The Morgan fingerprint density at radius 3 is 2.65 bits per heavy atom. The van der Waals surface area contributed by atoms with Crippen molar-refractivity contribution in [1.29, 1.82) is 0 Å². The Labute approximate surface area is 119 Å². The molecule has 1 amide bonds. The number of benzene rings is 1. The fraction of sp³-hybridized carbons (Fsp3) is 0.562. The highest BCUT2D eigenvalue weighted by Crippen LogP contribution is 2.30. The normalized spacial score (nSPS) is 27.2. The molecular formula is C16H21FN2O. The van der Waals surface area contributed by atoms with Crippen molar-refractivity contribution in [2.45, 2.75) is 37.8 Å². The Hall–Kier alpha value is -1.42. The minimum atomic E-state index is -0.343. The summed E-state index contributed by atoms with van der Waals surface area (Å²) in [6.07, 6.45) is 4.49. The van der Waals surface area contributed by atoms with Crippen LogP contribution in [0.5, 0.6) is 0 Å². The molecule has 1 aromatic carbocycles. The fourth-order valence-corrected chi connectivity index (χ4v) is 3.65. The van der Waals surface area contributed by atoms with Gasteiger partial charge in [0, 0.05) is 24.2 Å². The van der Waals surface area contributed by atoms with Crippen LogP contribution >= 0.6 is 0 Å². The number of likely N-dealkylation sites (N-methyl/N-ethyl adjacent to an activating group) is 1. The maximum absolute atomic E-state index is 13.3. The molecular weight excluding hydrogens is 255 g/mol. The quantitative estimate of drug-likeness (QED) is 0.828. The van der Waals surface area contributed by atoms with Crippen LogP contribution < -0.4 is 0 Å². The second-order valence-electron chi connectivity index (χ2n) is 5.91. The second-order valence-corrected chi connectivity index (χ2v) is 5.91. The molecule has 0 N–H and O–H groups in total. The highest BCUT2D eigenvalue weighted by Gasteiger charge is 2.38. The third-order valence-electron chi connectivity index (χ3n) is 4.65. The van der Waals surface area contributed by atoms with E-state index in [4.69, 9.17) is 0 Å². The smallest absolute Gasteiger partial charge is 0.254 e. The zero-order valence-electron chi connectivity index (χ0n) is 11.9. The highest BCUT2D eigenvalue weighted by atomic mass is 19.1. The number of nitrogens with zero attached hydrogens (tertiary/aromatic N) is 2. The zero-order chi connectivity index (χ0) is 14.1. The third-order valence-corrected chi connectivity index (χ3v) is 4.65. The van der Waals surface area contributed by atoms with E-state index in [0.29, 0.717) is 17.6 Å². The van der Waals surface area contributed by atoms with Gasteiger partial charge in [-0.1, -0.05) is 6.07 Å². The molecule has 108 valence electrons. The molecule has 0 radical (unpaired) electrons. The summed E-state index contributed by atoms with van der Waals surface area (Å²) >= 11 is 0. The van der Waals surface area contributed by atoms with Gasteiger partial charge in [-0.2, -0.15) is 0 Å². The lowest BCUT2D eigenvalue weighted by atomic mass is 10.0. The average Bonchev–Trinajstić information content (AvgIpc) is 3.06. The molecule has 2 heterocycles. The standard InChI is InChI=1S/C16H21FN2O/c1-18-9-3-7-14(18)15-8-4-10-19(15)16(20)12-5-2-6-13(17)11-12/h2,5-6,11,14-15H,3-4,7-10H2,1H3/t14-,15-/m1/s1. The lowest BCUT2D eigenvalue weighted by Gasteiger charge is -2.33. The molecule has 1 aromatic rings. The van der Waals surface area contributed by atoms with Crippen LogP contribution in [0.2, 0.25) is 0 Å². The largest absolute Gasteiger partial charge is 0.334 e. The Balaban J connectivity index is 1.79. The molecule has 0 bridgehead atoms. The molecule has 3 nitrogen and oxygen atoms in total. The maximum atomic E-state index is 13.3. The Kier molecular flexibility index (Phi) is 3.74. The number of carbonyl (C=O) groups excluding carboxylic acids is 1. The van der Waals surface area contributed by atoms with Crippen molar-refractivity contribution in [3.8, 4) is 0 Å². The van der Waals surface area contributed by atoms with Crippen LogP contribution in [0.4, 0.5) is 4.39 Å². The molecule has 2 fully saturated rings. The minimum absolute atomic E-state index is 0.0210. The summed E-state index contributed by atoms with van der Waals surface area (Å²) in [5.41, 5.74) is 0.470. The van der Waals surface area contributed by atoms with Gasteiger partial charge in [0.1, 0.15) is 5.82 Å². The van der Waals surface area contributed by atoms with Crippen molar-refractivity contribution < 1.29 is 9.18 Å². The number of rotatable bonds is 2. The van der Waals surface area contributed by atoms with Crippen molar-refractivity contribution in [3.63, 3.8) is 0 Å². The number of halogens is 1. The van der Waals surface area contributed by atoms with Crippen molar-refractivity contribution in [1.82, 2.24) is 9.80 Å². The number of amides is 1. The van der Waals surface area contributed by atoms with E-state index < -0.39 is 0 Å². The molecule has 2 atom stereocenters. The van der Waals surface area contributed by atoms with Gasteiger partial charge in [0.15, 0.2) is 0 Å². The van der Waals surface area contributed by atoms with E-state index in [1.54, 1.807) is 12.1 Å². The summed E-state index contributed by atoms with van der Waals surface area (Å²) in [5, 5.41) is 0. The van der Waals surface area contributed by atoms with E-state index in [0.717, 1.165) is 32.4 Å². The zero-order valence-corrected chi connectivity index (χ0v) is 11.9. The van der Waals surface area contributed by atoms with Crippen LogP contribution in [0.3, 0.4) is 0 Å². The molecule has 0 aliphatic carbocycles. The van der Waals surface area contributed by atoms with Gasteiger partial charge in [-0.05, 0) is 57.5 Å². The van der Waals surface area contributed by atoms with E-state index >= 15 is 0 Å². The summed E-state index contributed by atoms with van der Waals surface area (Å²) in [6.45, 7) is 1.91. The van der Waals surface area contributed by atoms with Gasteiger partial charge < -0.3 is 9.80 Å². The van der Waals surface area contributed by atoms with Gasteiger partial charge in [0.2, 0.25) is 0 Å². The Morgan fingerprint density at radius 2 is 1.95 bits per heavy atom. The van der Waals surface area contributed by atoms with E-state index in [1.165, 1.54) is 18.6 Å². The minimum Gasteiger partial charge on any atom is -0.334 e. The molecule has 20 heavy (non-hydrogen) atoms. The molecule has 0 unspecified atom stereocenters. The summed E-state index contributed by atoms with van der Waals surface area (Å²) in [4.78, 5) is 16.9. The van der Waals surface area contributed by atoms with Crippen LogP contribution in [-0.4, -0.2) is 47.9 Å². The first-order valence-corrected chi connectivity index (χ1v) is 7.43. The highest BCUT2D eigenvalue weighted by molar-refractivity contribution is 5.94. The lowest BCUT2D eigenvalue weighted by Crippen LogP contribution is -2.47. The van der Waals surface area contributed by atoms with E-state index in [2.05, 4.69) is 11.9 Å². The summed E-state index contributed by atoms with van der Waals surface area (Å²) < 4.78 is 13.3. The van der Waals surface area contributed by atoms with E-state index in [9.17, 15) is 9.18 Å². The predicted molar refractivity (Wildman–Crippen MR) is 76.1 cm³/mol. The number of hydrogen-bond donors (Lipinski definition) is 0. The Morgan fingerprint density at radius 1 is 1.20 bits per heavy atom. The van der Waals surface area contributed by atoms with Gasteiger partial charge in [-0.3, -0.25) is 4.79 Å². The lowest BCUT2D eigenvalue weighted by molar-refractivity contribution is 0.0664. The first-order valence-electron chi connectivity index (χ1n) is 7.43. The molecule has 2 aliphatic heterocycles. The van der Waals surface area contributed by atoms with Crippen LogP contribution in [0.25, 0.3) is 0 Å². The average molecular weight is 276 g/mol. The maximum Gasteiger partial charge on any atom is 0.254 e. The molecule has 4 heteroatoms. The number of likely N-dealkylation sites (tertiary alicyclic amines) is 2. The Bertz CT molecular complexity index is 505. The van der Waals surface area contributed by atoms with Crippen molar-refractivity contribution in [2.24, 2.45) is 0 Å². The summed E-state index contributed by atoms with van der Waals surface area (Å²) in [6, 6.07) is 6.79. The summed E-state index contributed by atoms with van der Waals surface area (Å²) in [5.74, 6) is -0.364. The molecule has 2 aliphatic rings. The van der Waals surface area contributed by atoms with Crippen molar-refractivity contribution >= 4 is 5.91 Å². The molecule has 0 aromatic heterocycles. The first-order chi connectivity index (χ1) is 9.66. The second kappa shape index (κ2) is 5.52. The van der Waals surface area contributed by atoms with E-state index in [-0.39, 0.29) is 11.7 Å². The van der Waals surface area contributed by atoms with Gasteiger partial charge in [-0.15, -0.1) is 0 Å². The SMILES string of the molecule is CN1CCC[C@@H]1[C@H]1CCCN1C(=O)c1cccc(F)c1. The molecule has 0 saturated carbocycles. The van der Waals surface area contributed by atoms with E-state index in [1.807, 2.05) is 4.90 Å². The van der Waals surface area contributed by atoms with Gasteiger partial charge >= 0.3 is 0 Å². The van der Waals surface area contributed by atoms with Crippen molar-refractivity contribution in [3.05, 3.63) is 35.6 Å². The van der Waals surface area contributed by atoms with Gasteiger partial charge in [-0.25, -0.2) is 4.39 Å². The monoisotopic (exact) mass is 276 g/mol. The number of hydrogen-bond acceptors (Lipinski definition) is 2. The predicted octanol–water partition coefficient (Wildman–Crippen LogP) is 2.52. The van der Waals surface area contributed by atoms with Crippen LogP contribution in [-0.2, 0) is 0 Å². The first kappa shape index (κ1) is 13.6. The topological polar surface area (TPSA) is 23.6 Å². The molecule has 2 saturated heterocycles. The van der Waals surface area contributed by atoms with Gasteiger partial charge in [0.25, 0.3) is 5.91 Å². The molecule has 3 rings (SSSR count).